The van der Waals surface area contributed by atoms with Crippen molar-refractivity contribution in [1.29, 1.82) is 0 Å². The van der Waals surface area contributed by atoms with Gasteiger partial charge < -0.3 is 19.6 Å². The first-order valence-corrected chi connectivity index (χ1v) is 7.28. The molecule has 1 N–H and O–H groups in total. The van der Waals surface area contributed by atoms with Crippen LogP contribution in [0.1, 0.15) is 38.5 Å². The molecule has 0 aromatic carbocycles. The maximum absolute atomic E-state index is 12.4. The first kappa shape index (κ1) is 17.3. The molecule has 0 bridgehead atoms. The number of urea groups is 1. The van der Waals surface area contributed by atoms with Gasteiger partial charge in [-0.25, -0.2) is 9.59 Å². The minimum Gasteiger partial charge on any atom is -0.480 e. The zero-order valence-corrected chi connectivity index (χ0v) is 12.7. The third-order valence-electron chi connectivity index (χ3n) is 3.71. The molecule has 7 nitrogen and oxygen atoms in total. The van der Waals surface area contributed by atoms with Crippen LogP contribution in [0.2, 0.25) is 0 Å². The lowest BCUT2D eigenvalue weighted by molar-refractivity contribution is -0.142. The third kappa shape index (κ3) is 5.24. The van der Waals surface area contributed by atoms with Crippen LogP contribution in [-0.4, -0.2) is 66.2 Å². The lowest BCUT2D eigenvalue weighted by Crippen LogP contribution is -2.50. The Bertz CT molecular complexity index is 386. The Balaban J connectivity index is 2.56. The van der Waals surface area contributed by atoms with Crippen molar-refractivity contribution in [3.05, 3.63) is 0 Å². The zero-order chi connectivity index (χ0) is 15.8. The standard InChI is InChI=1S/C14H24N2O5/c1-15(9-6-8-12(17)21-2)14(20)16-10-5-3-4-7-11(16)13(18)19/h11H,3-10H2,1-2H3,(H,18,19). The molecule has 7 heteroatoms. The number of carboxylic acid groups (broad SMARTS) is 1. The first-order valence-electron chi connectivity index (χ1n) is 7.28. The van der Waals surface area contributed by atoms with Gasteiger partial charge in [0.05, 0.1) is 7.11 Å². The van der Waals surface area contributed by atoms with E-state index in [2.05, 4.69) is 4.74 Å². The SMILES string of the molecule is COC(=O)CCCN(C)C(=O)N1CCCCCC1C(=O)O. The summed E-state index contributed by atoms with van der Waals surface area (Å²) in [6.45, 7) is 0.869. The zero-order valence-electron chi connectivity index (χ0n) is 12.7. The van der Waals surface area contributed by atoms with E-state index in [1.807, 2.05) is 0 Å². The molecule has 1 heterocycles. The summed E-state index contributed by atoms with van der Waals surface area (Å²) in [5, 5.41) is 9.27. The molecule has 0 aliphatic carbocycles. The van der Waals surface area contributed by atoms with Crippen LogP contribution in [0.25, 0.3) is 0 Å². The maximum atomic E-state index is 12.4. The number of aliphatic carboxylic acids is 1. The topological polar surface area (TPSA) is 87.2 Å². The highest BCUT2D eigenvalue weighted by Gasteiger charge is 2.32. The average Bonchev–Trinajstić information content (AvgIpc) is 2.71. The fourth-order valence-electron chi connectivity index (χ4n) is 2.47. The van der Waals surface area contributed by atoms with Gasteiger partial charge in [-0.1, -0.05) is 12.8 Å². The Morgan fingerprint density at radius 2 is 2.00 bits per heavy atom. The highest BCUT2D eigenvalue weighted by atomic mass is 16.5. The van der Waals surface area contributed by atoms with Gasteiger partial charge in [-0.15, -0.1) is 0 Å². The summed E-state index contributed by atoms with van der Waals surface area (Å²) in [7, 11) is 2.95. The number of hydrogen-bond donors (Lipinski definition) is 1. The molecule has 1 saturated heterocycles. The van der Waals surface area contributed by atoms with Gasteiger partial charge in [-0.2, -0.15) is 0 Å². The monoisotopic (exact) mass is 300 g/mol. The number of amides is 2. The van der Waals surface area contributed by atoms with E-state index >= 15 is 0 Å². The van der Waals surface area contributed by atoms with E-state index in [0.717, 1.165) is 19.3 Å². The molecular weight excluding hydrogens is 276 g/mol. The van der Waals surface area contributed by atoms with Gasteiger partial charge in [-0.3, -0.25) is 4.79 Å². The molecule has 1 fully saturated rings. The van der Waals surface area contributed by atoms with Crippen molar-refractivity contribution in [3.8, 4) is 0 Å². The second kappa shape index (κ2) is 8.49. The van der Waals surface area contributed by atoms with Crippen molar-refractivity contribution in [1.82, 2.24) is 9.80 Å². The fourth-order valence-corrected chi connectivity index (χ4v) is 2.47. The first-order chi connectivity index (χ1) is 9.97. The summed E-state index contributed by atoms with van der Waals surface area (Å²) in [4.78, 5) is 37.6. The van der Waals surface area contributed by atoms with E-state index in [1.54, 1.807) is 7.05 Å². The number of rotatable bonds is 5. The van der Waals surface area contributed by atoms with Crippen molar-refractivity contribution >= 4 is 18.0 Å². The molecule has 1 rings (SSSR count). The van der Waals surface area contributed by atoms with E-state index in [-0.39, 0.29) is 18.4 Å². The van der Waals surface area contributed by atoms with E-state index < -0.39 is 12.0 Å². The van der Waals surface area contributed by atoms with E-state index in [1.165, 1.54) is 16.9 Å². The fraction of sp³-hybridized carbons (Fsp3) is 0.786. The average molecular weight is 300 g/mol. The second-order valence-electron chi connectivity index (χ2n) is 5.28. The molecular formula is C14H24N2O5. The quantitative estimate of drug-likeness (QED) is 0.774. The molecule has 2 amide bonds. The molecule has 0 aromatic heterocycles. The molecule has 0 radical (unpaired) electrons. The summed E-state index contributed by atoms with van der Waals surface area (Å²) in [6, 6.07) is -1.03. The van der Waals surface area contributed by atoms with Crippen LogP contribution >= 0.6 is 0 Å². The van der Waals surface area contributed by atoms with Crippen LogP contribution in [0.5, 0.6) is 0 Å². The molecule has 21 heavy (non-hydrogen) atoms. The number of carbonyl (C=O) groups excluding carboxylic acids is 2. The Kier molecular flexibility index (Phi) is 6.98. The number of likely N-dealkylation sites (tertiary alicyclic amines) is 1. The largest absolute Gasteiger partial charge is 0.480 e. The molecule has 1 aliphatic heterocycles. The highest BCUT2D eigenvalue weighted by Crippen LogP contribution is 2.18. The summed E-state index contributed by atoms with van der Waals surface area (Å²) in [5.41, 5.74) is 0. The summed E-state index contributed by atoms with van der Waals surface area (Å²) >= 11 is 0. The summed E-state index contributed by atoms with van der Waals surface area (Å²) < 4.78 is 4.54. The minimum atomic E-state index is -0.951. The van der Waals surface area contributed by atoms with Gasteiger partial charge in [0.25, 0.3) is 0 Å². The van der Waals surface area contributed by atoms with Crippen LogP contribution in [0, 0.1) is 0 Å². The molecule has 1 unspecified atom stereocenters. The highest BCUT2D eigenvalue weighted by molar-refractivity contribution is 5.82. The van der Waals surface area contributed by atoms with Gasteiger partial charge in [0.2, 0.25) is 0 Å². The number of nitrogens with zero attached hydrogens (tertiary/aromatic N) is 2. The van der Waals surface area contributed by atoms with Crippen molar-refractivity contribution < 1.29 is 24.2 Å². The lowest BCUT2D eigenvalue weighted by Gasteiger charge is -2.31. The number of methoxy groups -OCH3 is 1. The predicted octanol–water partition coefficient (Wildman–Crippen LogP) is 1.32. The normalized spacial score (nSPS) is 18.8. The Morgan fingerprint density at radius 1 is 1.29 bits per heavy atom. The predicted molar refractivity (Wildman–Crippen MR) is 75.9 cm³/mol. The third-order valence-corrected chi connectivity index (χ3v) is 3.71. The maximum Gasteiger partial charge on any atom is 0.326 e. The molecule has 1 aliphatic rings. The van der Waals surface area contributed by atoms with Gasteiger partial charge in [0.15, 0.2) is 0 Å². The number of carbonyl (C=O) groups is 3. The van der Waals surface area contributed by atoms with Gasteiger partial charge >= 0.3 is 18.0 Å². The molecule has 0 spiro atoms. The van der Waals surface area contributed by atoms with Crippen LogP contribution < -0.4 is 0 Å². The smallest absolute Gasteiger partial charge is 0.326 e. The lowest BCUT2D eigenvalue weighted by atomic mass is 10.1. The molecule has 120 valence electrons. The van der Waals surface area contributed by atoms with E-state index in [4.69, 9.17) is 0 Å². The van der Waals surface area contributed by atoms with Gasteiger partial charge in [0.1, 0.15) is 6.04 Å². The number of hydrogen-bond acceptors (Lipinski definition) is 4. The van der Waals surface area contributed by atoms with Crippen molar-refractivity contribution in [2.45, 2.75) is 44.6 Å². The molecule has 0 aromatic rings. The van der Waals surface area contributed by atoms with Crippen LogP contribution in [0.3, 0.4) is 0 Å². The summed E-state index contributed by atoms with van der Waals surface area (Å²) in [6.07, 6.45) is 3.84. The van der Waals surface area contributed by atoms with E-state index in [0.29, 0.717) is 25.9 Å². The second-order valence-corrected chi connectivity index (χ2v) is 5.28. The Morgan fingerprint density at radius 3 is 2.62 bits per heavy atom. The van der Waals surface area contributed by atoms with Crippen molar-refractivity contribution in [2.24, 2.45) is 0 Å². The van der Waals surface area contributed by atoms with Crippen molar-refractivity contribution in [2.75, 3.05) is 27.2 Å². The number of carboxylic acids is 1. The van der Waals surface area contributed by atoms with Gasteiger partial charge in [-0.05, 0) is 19.3 Å². The van der Waals surface area contributed by atoms with Crippen molar-refractivity contribution in [3.63, 3.8) is 0 Å². The Labute approximate surface area is 124 Å². The van der Waals surface area contributed by atoms with E-state index in [9.17, 15) is 19.5 Å². The Hall–Kier alpha value is -1.79. The van der Waals surface area contributed by atoms with Gasteiger partial charge in [0, 0.05) is 26.6 Å². The summed E-state index contributed by atoms with van der Waals surface area (Å²) in [5.74, 6) is -1.26. The molecule has 1 atom stereocenters. The minimum absolute atomic E-state index is 0.247. The number of esters is 1. The van der Waals surface area contributed by atoms with Crippen LogP contribution in [-0.2, 0) is 14.3 Å². The molecule has 0 saturated carbocycles. The van der Waals surface area contributed by atoms with Crippen LogP contribution in [0.4, 0.5) is 4.79 Å². The van der Waals surface area contributed by atoms with Crippen LogP contribution in [0.15, 0.2) is 0 Å². The number of ether oxygens (including phenoxy) is 1.